The number of hydrogen-bond donors (Lipinski definition) is 2. The van der Waals surface area contributed by atoms with Gasteiger partial charge in [-0.2, -0.15) is 4.98 Å². The third kappa shape index (κ3) is 4.06. The minimum atomic E-state index is -0.224. The molecule has 3 heterocycles. The SMILES string of the molecule is COc1ccc([C@H]2C[C@@H](c3ccc(Cl)cc3)Nc3nc(NC(=O)c4cccs4)nn32)cc1. The van der Waals surface area contributed by atoms with E-state index in [0.29, 0.717) is 15.8 Å². The van der Waals surface area contributed by atoms with Crippen molar-refractivity contribution in [1.29, 1.82) is 0 Å². The normalized spacial score (nSPS) is 17.3. The molecule has 4 aromatic rings. The molecular formula is C23H20ClN5O2S. The smallest absolute Gasteiger partial charge is 0.268 e. The van der Waals surface area contributed by atoms with Crippen LogP contribution in [0.1, 0.15) is 39.3 Å². The van der Waals surface area contributed by atoms with E-state index in [1.54, 1.807) is 13.2 Å². The lowest BCUT2D eigenvalue weighted by molar-refractivity contribution is 0.102. The number of anilines is 2. The Balaban J connectivity index is 1.49. The number of halogens is 1. The van der Waals surface area contributed by atoms with Gasteiger partial charge in [0.05, 0.1) is 24.1 Å². The fourth-order valence-electron chi connectivity index (χ4n) is 3.82. The fraction of sp³-hybridized carbons (Fsp3) is 0.174. The molecule has 2 N–H and O–H groups in total. The van der Waals surface area contributed by atoms with Crippen molar-refractivity contribution in [3.05, 3.63) is 87.1 Å². The van der Waals surface area contributed by atoms with E-state index < -0.39 is 0 Å². The highest BCUT2D eigenvalue weighted by atomic mass is 35.5. The number of hydrogen-bond acceptors (Lipinski definition) is 6. The number of rotatable bonds is 5. The maximum atomic E-state index is 12.5. The van der Waals surface area contributed by atoms with Crippen LogP contribution in [0.4, 0.5) is 11.9 Å². The standard InChI is InChI=1S/C23H20ClN5O2S/c1-31-17-10-6-15(7-11-17)19-13-18(14-4-8-16(24)9-5-14)25-23-27-22(28-29(19)23)26-21(30)20-3-2-12-32-20/h2-12,18-19H,13H2,1H3,(H2,25,26,27,28,30)/t18-,19+/m0/s1. The zero-order valence-corrected chi connectivity index (χ0v) is 18.7. The molecule has 0 saturated carbocycles. The molecule has 2 aromatic carbocycles. The van der Waals surface area contributed by atoms with Crippen molar-refractivity contribution < 1.29 is 9.53 Å². The first-order chi connectivity index (χ1) is 15.6. The van der Waals surface area contributed by atoms with E-state index in [-0.39, 0.29) is 23.9 Å². The molecule has 9 heteroatoms. The molecule has 0 unspecified atom stereocenters. The molecule has 0 aliphatic carbocycles. The number of amides is 1. The Kier molecular flexibility index (Phi) is 5.55. The number of carbonyl (C=O) groups excluding carboxylic acids is 1. The van der Waals surface area contributed by atoms with Crippen LogP contribution < -0.4 is 15.4 Å². The number of thiophene rings is 1. The number of nitrogens with one attached hydrogen (secondary N) is 2. The van der Waals surface area contributed by atoms with Crippen LogP contribution in [0.2, 0.25) is 5.02 Å². The molecule has 1 aliphatic heterocycles. The fourth-order valence-corrected chi connectivity index (χ4v) is 4.56. The van der Waals surface area contributed by atoms with Crippen molar-refractivity contribution in [2.75, 3.05) is 17.7 Å². The Labute approximate surface area is 194 Å². The maximum absolute atomic E-state index is 12.5. The third-order valence-electron chi connectivity index (χ3n) is 5.43. The van der Waals surface area contributed by atoms with Gasteiger partial charge in [-0.3, -0.25) is 10.1 Å². The van der Waals surface area contributed by atoms with Crippen LogP contribution in [-0.4, -0.2) is 27.8 Å². The van der Waals surface area contributed by atoms with E-state index in [2.05, 4.69) is 20.7 Å². The lowest BCUT2D eigenvalue weighted by atomic mass is 9.93. The Morgan fingerprint density at radius 1 is 1.16 bits per heavy atom. The zero-order chi connectivity index (χ0) is 22.1. The van der Waals surface area contributed by atoms with Gasteiger partial charge in [0.1, 0.15) is 5.75 Å². The van der Waals surface area contributed by atoms with Crippen LogP contribution in [0, 0.1) is 0 Å². The van der Waals surface area contributed by atoms with E-state index in [1.807, 2.05) is 64.7 Å². The summed E-state index contributed by atoms with van der Waals surface area (Å²) in [5.74, 6) is 1.43. The molecule has 0 bridgehead atoms. The lowest BCUT2D eigenvalue weighted by Crippen LogP contribution is -2.28. The Bertz CT molecular complexity index is 1220. The van der Waals surface area contributed by atoms with Gasteiger partial charge in [0.25, 0.3) is 11.9 Å². The summed E-state index contributed by atoms with van der Waals surface area (Å²) in [7, 11) is 1.65. The van der Waals surface area contributed by atoms with Gasteiger partial charge in [0, 0.05) is 5.02 Å². The summed E-state index contributed by atoms with van der Waals surface area (Å²) in [6, 6.07) is 19.3. The molecular weight excluding hydrogens is 446 g/mol. The first-order valence-electron chi connectivity index (χ1n) is 10.1. The molecule has 32 heavy (non-hydrogen) atoms. The van der Waals surface area contributed by atoms with E-state index in [4.69, 9.17) is 16.3 Å². The molecule has 5 rings (SSSR count). The monoisotopic (exact) mass is 465 g/mol. The van der Waals surface area contributed by atoms with E-state index >= 15 is 0 Å². The van der Waals surface area contributed by atoms with Gasteiger partial charge < -0.3 is 10.1 Å². The quantitative estimate of drug-likeness (QED) is 0.412. The minimum Gasteiger partial charge on any atom is -0.497 e. The highest BCUT2D eigenvalue weighted by molar-refractivity contribution is 7.12. The van der Waals surface area contributed by atoms with E-state index in [9.17, 15) is 4.79 Å². The van der Waals surface area contributed by atoms with Gasteiger partial charge in [-0.15, -0.1) is 16.4 Å². The maximum Gasteiger partial charge on any atom is 0.268 e. The molecule has 162 valence electrons. The Morgan fingerprint density at radius 2 is 1.91 bits per heavy atom. The van der Waals surface area contributed by atoms with Gasteiger partial charge in [0.2, 0.25) is 5.95 Å². The summed E-state index contributed by atoms with van der Waals surface area (Å²) in [6.45, 7) is 0. The van der Waals surface area contributed by atoms with Gasteiger partial charge in [-0.1, -0.05) is 41.9 Å². The molecule has 0 saturated heterocycles. The van der Waals surface area contributed by atoms with Crippen molar-refractivity contribution in [1.82, 2.24) is 14.8 Å². The highest BCUT2D eigenvalue weighted by Crippen LogP contribution is 2.38. The van der Waals surface area contributed by atoms with Gasteiger partial charge >= 0.3 is 0 Å². The van der Waals surface area contributed by atoms with Crippen molar-refractivity contribution >= 4 is 40.7 Å². The van der Waals surface area contributed by atoms with Crippen molar-refractivity contribution in [3.63, 3.8) is 0 Å². The lowest BCUT2D eigenvalue weighted by Gasteiger charge is -2.31. The third-order valence-corrected chi connectivity index (χ3v) is 6.55. The summed E-state index contributed by atoms with van der Waals surface area (Å²) in [5.41, 5.74) is 2.18. The first kappa shape index (κ1) is 20.5. The number of benzene rings is 2. The number of ether oxygens (including phenoxy) is 1. The molecule has 7 nitrogen and oxygen atoms in total. The first-order valence-corrected chi connectivity index (χ1v) is 11.3. The number of nitrogens with zero attached hydrogens (tertiary/aromatic N) is 3. The average molecular weight is 466 g/mol. The van der Waals surface area contributed by atoms with Crippen LogP contribution in [0.5, 0.6) is 5.75 Å². The zero-order valence-electron chi connectivity index (χ0n) is 17.2. The molecule has 0 fully saturated rings. The van der Waals surface area contributed by atoms with Crippen LogP contribution >= 0.6 is 22.9 Å². The van der Waals surface area contributed by atoms with Crippen molar-refractivity contribution in [2.24, 2.45) is 0 Å². The molecule has 2 atom stereocenters. The minimum absolute atomic E-state index is 0.0110. The Hall–Kier alpha value is -3.36. The average Bonchev–Trinajstić information content (AvgIpc) is 3.49. The van der Waals surface area contributed by atoms with Gasteiger partial charge in [-0.25, -0.2) is 4.68 Å². The number of fused-ring (bicyclic) bond motifs is 1. The van der Waals surface area contributed by atoms with E-state index in [0.717, 1.165) is 23.3 Å². The summed E-state index contributed by atoms with van der Waals surface area (Å²) < 4.78 is 7.14. The molecule has 2 aromatic heterocycles. The highest BCUT2D eigenvalue weighted by Gasteiger charge is 2.31. The van der Waals surface area contributed by atoms with Crippen LogP contribution in [-0.2, 0) is 0 Å². The summed E-state index contributed by atoms with van der Waals surface area (Å²) in [4.78, 5) is 17.7. The molecule has 0 spiro atoms. The predicted octanol–water partition coefficient (Wildman–Crippen LogP) is 5.40. The largest absolute Gasteiger partial charge is 0.497 e. The Morgan fingerprint density at radius 3 is 2.59 bits per heavy atom. The van der Waals surface area contributed by atoms with Crippen molar-refractivity contribution in [3.8, 4) is 5.75 Å². The van der Waals surface area contributed by atoms with Crippen LogP contribution in [0.25, 0.3) is 0 Å². The summed E-state index contributed by atoms with van der Waals surface area (Å²) >= 11 is 7.45. The summed E-state index contributed by atoms with van der Waals surface area (Å²) in [5, 5.41) is 13.4. The number of methoxy groups -OCH3 is 1. The summed E-state index contributed by atoms with van der Waals surface area (Å²) in [6.07, 6.45) is 0.753. The van der Waals surface area contributed by atoms with Gasteiger partial charge in [0.15, 0.2) is 0 Å². The molecule has 1 amide bonds. The molecule has 0 radical (unpaired) electrons. The second-order valence-electron chi connectivity index (χ2n) is 7.41. The van der Waals surface area contributed by atoms with E-state index in [1.165, 1.54) is 11.3 Å². The number of aromatic nitrogens is 3. The predicted molar refractivity (Wildman–Crippen MR) is 126 cm³/mol. The molecule has 1 aliphatic rings. The topological polar surface area (TPSA) is 81.1 Å². The second-order valence-corrected chi connectivity index (χ2v) is 8.79. The van der Waals surface area contributed by atoms with Crippen LogP contribution in [0.15, 0.2) is 66.0 Å². The van der Waals surface area contributed by atoms with Gasteiger partial charge in [-0.05, 0) is 53.3 Å². The second kappa shape index (κ2) is 8.64. The van der Waals surface area contributed by atoms with Crippen molar-refractivity contribution in [2.45, 2.75) is 18.5 Å². The van der Waals surface area contributed by atoms with Crippen LogP contribution in [0.3, 0.4) is 0 Å². The number of carbonyl (C=O) groups is 1.